The van der Waals surface area contributed by atoms with Gasteiger partial charge in [-0.1, -0.05) is 25.6 Å². The molecule has 0 radical (unpaired) electrons. The molecule has 1 aliphatic carbocycles. The van der Waals surface area contributed by atoms with Gasteiger partial charge in [0.2, 0.25) is 11.9 Å². The molecule has 1 aromatic carbocycles. The summed E-state index contributed by atoms with van der Waals surface area (Å²) in [5.74, 6) is 0.385. The van der Waals surface area contributed by atoms with E-state index in [2.05, 4.69) is 68.7 Å². The number of nitrogens with two attached hydrogens (primary N) is 1. The molecule has 192 valence electrons. The average Bonchev–Trinajstić information content (AvgIpc) is 2.87. The second-order valence-electron chi connectivity index (χ2n) is 9.88. The van der Waals surface area contributed by atoms with E-state index in [4.69, 9.17) is 5.73 Å². The SMILES string of the molecule is C=CC(=O)NC1CCC[C@@H](Nc2nnc(C(N)=O)c(Nc3ccc(C4CCN(C)CC4)cc3)n2)[C@H]1C. The number of aromatic nitrogens is 3. The van der Waals surface area contributed by atoms with Gasteiger partial charge < -0.3 is 26.6 Å². The standard InChI is InChI=1S/C26H36N8O2/c1-4-22(35)29-20-6-5-7-21(16(20)2)30-26-31-25(23(24(27)36)32-33-26)28-19-10-8-17(9-11-19)18-12-14-34(3)15-13-18/h4,8-11,16,18,20-21H,1,5-7,12-15H2,2-3H3,(H2,27,36)(H,29,35)(H2,28,30,31,33)/t16-,20?,21+/m0/s1. The Hall–Kier alpha value is -3.53. The summed E-state index contributed by atoms with van der Waals surface area (Å²) >= 11 is 0. The highest BCUT2D eigenvalue weighted by Gasteiger charge is 2.31. The maximum Gasteiger partial charge on any atom is 0.273 e. The van der Waals surface area contributed by atoms with Crippen molar-refractivity contribution >= 4 is 29.3 Å². The van der Waals surface area contributed by atoms with E-state index in [1.165, 1.54) is 11.6 Å². The summed E-state index contributed by atoms with van der Waals surface area (Å²) in [4.78, 5) is 30.7. The maximum atomic E-state index is 12.0. The Balaban J connectivity index is 1.47. The summed E-state index contributed by atoms with van der Waals surface area (Å²) in [5, 5.41) is 17.7. The summed E-state index contributed by atoms with van der Waals surface area (Å²) in [6.45, 7) is 7.83. The zero-order chi connectivity index (χ0) is 25.7. The molecule has 1 saturated carbocycles. The zero-order valence-corrected chi connectivity index (χ0v) is 21.0. The second kappa shape index (κ2) is 11.5. The van der Waals surface area contributed by atoms with Crippen LogP contribution in [0.5, 0.6) is 0 Å². The number of amides is 2. The van der Waals surface area contributed by atoms with Crippen molar-refractivity contribution in [3.05, 3.63) is 48.2 Å². The molecule has 1 aromatic heterocycles. The lowest BCUT2D eigenvalue weighted by molar-refractivity contribution is -0.117. The first-order valence-electron chi connectivity index (χ1n) is 12.6. The number of anilines is 3. The average molecular weight is 493 g/mol. The summed E-state index contributed by atoms with van der Waals surface area (Å²) in [6, 6.07) is 8.29. The Bertz CT molecular complexity index is 1080. The van der Waals surface area contributed by atoms with E-state index in [0.29, 0.717) is 11.9 Å². The highest BCUT2D eigenvalue weighted by Crippen LogP contribution is 2.30. The smallest absolute Gasteiger partial charge is 0.273 e. The highest BCUT2D eigenvalue weighted by atomic mass is 16.2. The van der Waals surface area contributed by atoms with Crippen molar-refractivity contribution in [2.75, 3.05) is 30.8 Å². The molecule has 36 heavy (non-hydrogen) atoms. The fourth-order valence-electron chi connectivity index (χ4n) is 5.14. The molecule has 1 aliphatic heterocycles. The van der Waals surface area contributed by atoms with Gasteiger partial charge in [-0.05, 0) is 87.8 Å². The van der Waals surface area contributed by atoms with Gasteiger partial charge >= 0.3 is 0 Å². The number of nitrogens with one attached hydrogen (secondary N) is 3. The van der Waals surface area contributed by atoms with Crippen molar-refractivity contribution < 1.29 is 9.59 Å². The van der Waals surface area contributed by atoms with Crippen molar-refractivity contribution in [2.24, 2.45) is 11.7 Å². The number of rotatable bonds is 8. The molecular formula is C26H36N8O2. The molecule has 2 aliphatic rings. The molecule has 4 rings (SSSR count). The van der Waals surface area contributed by atoms with Crippen LogP contribution in [0.1, 0.15) is 61.0 Å². The Labute approximate surface area is 212 Å². The molecule has 0 spiro atoms. The second-order valence-corrected chi connectivity index (χ2v) is 9.88. The lowest BCUT2D eigenvalue weighted by atomic mass is 9.81. The van der Waals surface area contributed by atoms with Gasteiger partial charge in [0, 0.05) is 17.8 Å². The van der Waals surface area contributed by atoms with E-state index in [9.17, 15) is 9.59 Å². The fourth-order valence-corrected chi connectivity index (χ4v) is 5.14. The van der Waals surface area contributed by atoms with E-state index in [-0.39, 0.29) is 35.4 Å². The van der Waals surface area contributed by atoms with E-state index in [1.807, 2.05) is 12.1 Å². The van der Waals surface area contributed by atoms with E-state index < -0.39 is 5.91 Å². The van der Waals surface area contributed by atoms with Crippen LogP contribution >= 0.6 is 0 Å². The van der Waals surface area contributed by atoms with Crippen LogP contribution in [0.25, 0.3) is 0 Å². The Morgan fingerprint density at radius 3 is 2.44 bits per heavy atom. The van der Waals surface area contributed by atoms with Crippen LogP contribution in [-0.4, -0.2) is 64.1 Å². The first kappa shape index (κ1) is 25.6. The molecule has 0 bridgehead atoms. The summed E-state index contributed by atoms with van der Waals surface area (Å²) < 4.78 is 0. The van der Waals surface area contributed by atoms with Gasteiger partial charge in [-0.25, -0.2) is 0 Å². The number of primary amides is 1. The minimum absolute atomic E-state index is 0.0206. The van der Waals surface area contributed by atoms with Crippen molar-refractivity contribution in [3.63, 3.8) is 0 Å². The Morgan fingerprint density at radius 2 is 1.78 bits per heavy atom. The number of hydrogen-bond acceptors (Lipinski definition) is 8. The first-order valence-corrected chi connectivity index (χ1v) is 12.6. The zero-order valence-electron chi connectivity index (χ0n) is 21.0. The van der Waals surface area contributed by atoms with E-state index >= 15 is 0 Å². The van der Waals surface area contributed by atoms with Gasteiger partial charge in [0.05, 0.1) is 0 Å². The molecule has 3 atom stereocenters. The van der Waals surface area contributed by atoms with Gasteiger partial charge in [-0.2, -0.15) is 4.98 Å². The normalized spacial score (nSPS) is 23.0. The monoisotopic (exact) mass is 492 g/mol. The van der Waals surface area contributed by atoms with Crippen molar-refractivity contribution in [2.45, 2.75) is 57.0 Å². The number of carbonyl (C=O) groups is 2. The Kier molecular flexibility index (Phi) is 8.14. The molecule has 5 N–H and O–H groups in total. The lowest BCUT2D eigenvalue weighted by Crippen LogP contribution is -2.48. The van der Waals surface area contributed by atoms with Crippen LogP contribution in [0.3, 0.4) is 0 Å². The number of hydrogen-bond donors (Lipinski definition) is 4. The topological polar surface area (TPSA) is 138 Å². The number of likely N-dealkylation sites (tertiary alicyclic amines) is 1. The first-order chi connectivity index (χ1) is 17.3. The third-order valence-corrected chi connectivity index (χ3v) is 7.41. The number of piperidine rings is 1. The van der Waals surface area contributed by atoms with Crippen LogP contribution in [0.2, 0.25) is 0 Å². The molecule has 1 saturated heterocycles. The van der Waals surface area contributed by atoms with Gasteiger partial charge in [0.25, 0.3) is 5.91 Å². The van der Waals surface area contributed by atoms with Gasteiger partial charge in [0.15, 0.2) is 11.5 Å². The predicted octanol–water partition coefficient (Wildman–Crippen LogP) is 2.79. The van der Waals surface area contributed by atoms with Crippen LogP contribution < -0.4 is 21.7 Å². The number of nitrogens with zero attached hydrogens (tertiary/aromatic N) is 4. The summed E-state index contributed by atoms with van der Waals surface area (Å²) in [5.41, 5.74) is 7.63. The molecule has 1 unspecified atom stereocenters. The van der Waals surface area contributed by atoms with Gasteiger partial charge in [-0.15, -0.1) is 10.2 Å². The molecule has 2 fully saturated rings. The number of benzene rings is 1. The third-order valence-electron chi connectivity index (χ3n) is 7.41. The van der Waals surface area contributed by atoms with E-state index in [1.54, 1.807) is 0 Å². The lowest BCUT2D eigenvalue weighted by Gasteiger charge is -2.36. The summed E-state index contributed by atoms with van der Waals surface area (Å²) in [6.07, 6.45) is 6.35. The summed E-state index contributed by atoms with van der Waals surface area (Å²) in [7, 11) is 2.16. The fraction of sp³-hybridized carbons (Fsp3) is 0.500. The third kappa shape index (κ3) is 6.17. The van der Waals surface area contributed by atoms with Crippen LogP contribution in [0, 0.1) is 5.92 Å². The van der Waals surface area contributed by atoms with Crippen LogP contribution in [0.15, 0.2) is 36.9 Å². The van der Waals surface area contributed by atoms with E-state index in [0.717, 1.165) is 50.9 Å². The van der Waals surface area contributed by atoms with Gasteiger partial charge in [0.1, 0.15) is 0 Å². The molecule has 2 heterocycles. The Morgan fingerprint density at radius 1 is 1.08 bits per heavy atom. The largest absolute Gasteiger partial charge is 0.364 e. The van der Waals surface area contributed by atoms with Crippen LogP contribution in [-0.2, 0) is 4.79 Å². The quantitative estimate of drug-likeness (QED) is 0.413. The molecule has 2 amide bonds. The molecular weight excluding hydrogens is 456 g/mol. The highest BCUT2D eigenvalue weighted by molar-refractivity contribution is 5.96. The maximum absolute atomic E-state index is 12.0. The van der Waals surface area contributed by atoms with Crippen LogP contribution in [0.4, 0.5) is 17.5 Å². The van der Waals surface area contributed by atoms with Crippen molar-refractivity contribution in [1.29, 1.82) is 0 Å². The van der Waals surface area contributed by atoms with Gasteiger partial charge in [-0.3, -0.25) is 9.59 Å². The molecule has 2 aromatic rings. The minimum atomic E-state index is -0.703. The van der Waals surface area contributed by atoms with Crippen molar-refractivity contribution in [3.8, 4) is 0 Å². The minimum Gasteiger partial charge on any atom is -0.364 e. The van der Waals surface area contributed by atoms with Crippen molar-refractivity contribution in [1.82, 2.24) is 25.4 Å². The number of carbonyl (C=O) groups excluding carboxylic acids is 2. The predicted molar refractivity (Wildman–Crippen MR) is 140 cm³/mol. The molecule has 10 nitrogen and oxygen atoms in total. The molecule has 10 heteroatoms.